The number of ether oxygens (including phenoxy) is 3. The summed E-state index contributed by atoms with van der Waals surface area (Å²) in [5.41, 5.74) is 3.06. The summed E-state index contributed by atoms with van der Waals surface area (Å²) in [4.78, 5) is 67.6. The molecule has 12 nitrogen and oxygen atoms in total. The molecular formula is C48H53NO11. The van der Waals surface area contributed by atoms with E-state index in [1.54, 1.807) is 0 Å². The fraction of sp³-hybridized carbons (Fsp3) is 0.479. The Balaban J connectivity index is 1.46. The number of fused-ring (bicyclic) bond motifs is 1. The SMILES string of the molecule is COC(=O)C1CCC(CCc2c(NCC3CCC(C(=O)OC)CC3)c3c(=O)cc(CO)c4c5c(CO)cc(=O)c6c(O)c(OC)c7c(c(c2C=C(C)C7C(C)=O)c34)c65)CC1. The zero-order valence-electron chi connectivity index (χ0n) is 34.9. The van der Waals surface area contributed by atoms with Crippen molar-refractivity contribution in [2.24, 2.45) is 23.7 Å². The molecule has 0 saturated heterocycles. The van der Waals surface area contributed by atoms with Crippen molar-refractivity contribution < 1.29 is 43.9 Å². The van der Waals surface area contributed by atoms with Crippen molar-refractivity contribution in [3.05, 3.63) is 66.0 Å². The molecule has 1 unspecified atom stereocenters. The Morgan fingerprint density at radius 1 is 0.717 bits per heavy atom. The molecule has 0 aromatic heterocycles. The van der Waals surface area contributed by atoms with Gasteiger partial charge in [-0.05, 0) is 146 Å². The van der Waals surface area contributed by atoms with Gasteiger partial charge in [-0.2, -0.15) is 0 Å². The van der Waals surface area contributed by atoms with Gasteiger partial charge < -0.3 is 34.8 Å². The molecule has 5 aromatic rings. The molecule has 0 radical (unpaired) electrons. The summed E-state index contributed by atoms with van der Waals surface area (Å²) in [6, 6.07) is 2.71. The van der Waals surface area contributed by atoms with Gasteiger partial charge in [-0.25, -0.2) is 0 Å². The average molecular weight is 820 g/mol. The zero-order chi connectivity index (χ0) is 42.7. The van der Waals surface area contributed by atoms with E-state index in [4.69, 9.17) is 14.2 Å². The summed E-state index contributed by atoms with van der Waals surface area (Å²) in [6.45, 7) is 2.81. The first-order valence-electron chi connectivity index (χ1n) is 21.1. The van der Waals surface area contributed by atoms with Crippen LogP contribution in [0.2, 0.25) is 0 Å². The zero-order valence-corrected chi connectivity index (χ0v) is 34.9. The number of aliphatic hydroxyl groups excluding tert-OH is 2. The number of phenolic OH excluding ortho intramolecular Hbond substituents is 1. The van der Waals surface area contributed by atoms with E-state index in [2.05, 4.69) is 5.32 Å². The number of methoxy groups -OCH3 is 3. The van der Waals surface area contributed by atoms with E-state index in [-0.39, 0.29) is 57.6 Å². The third-order valence-corrected chi connectivity index (χ3v) is 14.1. The van der Waals surface area contributed by atoms with Gasteiger partial charge in [0.05, 0.1) is 63.1 Å². The number of allylic oxidation sites excluding steroid dienone is 1. The Labute approximate surface area is 347 Å². The monoisotopic (exact) mass is 819 g/mol. The Morgan fingerprint density at radius 2 is 1.25 bits per heavy atom. The van der Waals surface area contributed by atoms with Crippen LogP contribution in [0.25, 0.3) is 49.2 Å². The maximum Gasteiger partial charge on any atom is 0.308 e. The Kier molecular flexibility index (Phi) is 11.2. The van der Waals surface area contributed by atoms with Crippen molar-refractivity contribution in [3.63, 3.8) is 0 Å². The predicted molar refractivity (Wildman–Crippen MR) is 230 cm³/mol. The summed E-state index contributed by atoms with van der Waals surface area (Å²) in [7, 11) is 4.22. The van der Waals surface area contributed by atoms with Crippen LogP contribution < -0.4 is 20.9 Å². The van der Waals surface area contributed by atoms with Gasteiger partial charge in [0, 0.05) is 28.6 Å². The number of rotatable bonds is 12. The number of ketones is 1. The maximum atomic E-state index is 14.8. The van der Waals surface area contributed by atoms with Crippen LogP contribution in [0.15, 0.2) is 27.3 Å². The first-order chi connectivity index (χ1) is 28.9. The quantitative estimate of drug-likeness (QED) is 0.0576. The number of esters is 2. The van der Waals surface area contributed by atoms with Crippen molar-refractivity contribution in [1.29, 1.82) is 0 Å². The molecule has 316 valence electrons. The van der Waals surface area contributed by atoms with Crippen LogP contribution in [0.3, 0.4) is 0 Å². The highest BCUT2D eigenvalue weighted by Crippen LogP contribution is 2.56. The minimum Gasteiger partial charge on any atom is -0.504 e. The number of aromatic hydroxyl groups is 1. The van der Waals surface area contributed by atoms with Crippen molar-refractivity contribution in [3.8, 4) is 11.5 Å². The molecule has 1 atom stereocenters. The number of anilines is 1. The lowest BCUT2D eigenvalue weighted by Gasteiger charge is -2.30. The first kappa shape index (κ1) is 41.4. The lowest BCUT2D eigenvalue weighted by molar-refractivity contribution is -0.147. The average Bonchev–Trinajstić information content (AvgIpc) is 3.38. The molecule has 0 spiro atoms. The number of hydrogen-bond donors (Lipinski definition) is 4. The molecule has 0 aliphatic heterocycles. The van der Waals surface area contributed by atoms with Crippen molar-refractivity contribution in [1.82, 2.24) is 0 Å². The van der Waals surface area contributed by atoms with Gasteiger partial charge in [0.2, 0.25) is 0 Å². The van der Waals surface area contributed by atoms with Crippen LogP contribution in [0.5, 0.6) is 11.5 Å². The highest BCUT2D eigenvalue weighted by atomic mass is 16.5. The smallest absolute Gasteiger partial charge is 0.308 e. The number of Topliss-reactive ketones (excluding diaryl/α,β-unsaturated/α-hetero) is 1. The van der Waals surface area contributed by atoms with E-state index in [9.17, 15) is 39.3 Å². The van der Waals surface area contributed by atoms with E-state index in [0.717, 1.165) is 56.1 Å². The number of carbonyl (C=O) groups excluding carboxylic acids is 3. The number of hydrogen-bond acceptors (Lipinski definition) is 12. The summed E-state index contributed by atoms with van der Waals surface area (Å²) >= 11 is 0. The van der Waals surface area contributed by atoms with Crippen LogP contribution in [-0.4, -0.2) is 60.9 Å². The standard InChI is InChI=1S/C48H53NO11/c1-22-16-31-30(15-10-24-6-11-26(12-7-24)47(56)59-4)44(49-19-25-8-13-27(14-9-25)48(57)60-5)38-32(53)17-28(20-50)35-36-29(21-51)18-33(54)39-41(36)42(37(31)40(35)38)43(34(22)23(2)52)46(58-3)45(39)55/h16-18,24-27,34,49-51,55H,6-15,19-21H2,1-5H3. The van der Waals surface area contributed by atoms with Crippen LogP contribution in [-0.2, 0) is 43.5 Å². The molecule has 4 N–H and O–H groups in total. The van der Waals surface area contributed by atoms with Crippen LogP contribution in [0.4, 0.5) is 5.69 Å². The Hall–Kier alpha value is -5.33. The highest BCUT2D eigenvalue weighted by Gasteiger charge is 2.38. The normalized spacial score (nSPS) is 21.7. The first-order valence-corrected chi connectivity index (χ1v) is 21.1. The lowest BCUT2D eigenvalue weighted by atomic mass is 9.77. The molecule has 0 heterocycles. The van der Waals surface area contributed by atoms with E-state index < -0.39 is 30.3 Å². The second-order valence-electron chi connectivity index (χ2n) is 17.3. The third-order valence-electron chi connectivity index (χ3n) is 14.1. The molecule has 0 amide bonds. The number of phenols is 1. The van der Waals surface area contributed by atoms with Crippen LogP contribution in [0, 0.1) is 23.7 Å². The molecule has 3 aliphatic rings. The van der Waals surface area contributed by atoms with Gasteiger partial charge in [-0.3, -0.25) is 24.0 Å². The molecule has 3 aliphatic carbocycles. The number of nitrogens with one attached hydrogen (secondary N) is 1. The molecule has 8 rings (SSSR count). The van der Waals surface area contributed by atoms with Crippen molar-refractivity contribution in [2.45, 2.75) is 97.2 Å². The molecule has 0 bridgehead atoms. The second kappa shape index (κ2) is 16.3. The van der Waals surface area contributed by atoms with Gasteiger partial charge in [-0.15, -0.1) is 0 Å². The predicted octanol–water partition coefficient (Wildman–Crippen LogP) is 6.99. The van der Waals surface area contributed by atoms with Crippen molar-refractivity contribution in [2.75, 3.05) is 33.2 Å². The molecular weight excluding hydrogens is 767 g/mol. The van der Waals surface area contributed by atoms with Crippen LogP contribution >= 0.6 is 0 Å². The summed E-state index contributed by atoms with van der Waals surface area (Å²) in [6.07, 6.45) is 9.37. The van der Waals surface area contributed by atoms with Gasteiger partial charge in [0.25, 0.3) is 0 Å². The molecule has 2 fully saturated rings. The Bertz CT molecular complexity index is 2700. The lowest BCUT2D eigenvalue weighted by Crippen LogP contribution is -2.27. The molecule has 12 heteroatoms. The summed E-state index contributed by atoms with van der Waals surface area (Å²) < 4.78 is 16.0. The maximum absolute atomic E-state index is 14.8. The minimum absolute atomic E-state index is 0.0102. The van der Waals surface area contributed by atoms with Gasteiger partial charge in [0.15, 0.2) is 22.4 Å². The van der Waals surface area contributed by atoms with Gasteiger partial charge >= 0.3 is 11.9 Å². The molecule has 2 saturated carbocycles. The van der Waals surface area contributed by atoms with E-state index in [1.165, 1.54) is 40.4 Å². The third kappa shape index (κ3) is 6.54. The van der Waals surface area contributed by atoms with Crippen LogP contribution in [0.1, 0.15) is 105 Å². The highest BCUT2D eigenvalue weighted by molar-refractivity contribution is 6.39. The fourth-order valence-electron chi connectivity index (χ4n) is 11.2. The number of carbonyl (C=O) groups is 3. The molecule has 5 aromatic carbocycles. The van der Waals surface area contributed by atoms with Gasteiger partial charge in [0.1, 0.15) is 5.78 Å². The molecule has 60 heavy (non-hydrogen) atoms. The summed E-state index contributed by atoms with van der Waals surface area (Å²) in [5, 5.41) is 40.8. The number of benzene rings is 5. The Morgan fingerprint density at radius 3 is 1.77 bits per heavy atom. The number of aliphatic hydroxyl groups is 2. The minimum atomic E-state index is -0.898. The topological polar surface area (TPSA) is 186 Å². The van der Waals surface area contributed by atoms with E-state index in [1.807, 2.05) is 13.0 Å². The van der Waals surface area contributed by atoms with Crippen molar-refractivity contribution >= 4 is 72.6 Å². The van der Waals surface area contributed by atoms with Gasteiger partial charge in [-0.1, -0.05) is 11.6 Å². The largest absolute Gasteiger partial charge is 0.504 e. The fourth-order valence-corrected chi connectivity index (χ4v) is 11.2. The summed E-state index contributed by atoms with van der Waals surface area (Å²) in [5.74, 6) is -1.72. The van der Waals surface area contributed by atoms with E-state index >= 15 is 0 Å². The second-order valence-corrected chi connectivity index (χ2v) is 17.3. The van der Waals surface area contributed by atoms with E-state index in [0.29, 0.717) is 91.8 Å².